The standard InChI is InChI=1S/C21H32N2O12/c24-6-14(28)11(8-34-9-16-19(31)20(32)18(30)15(7-25)35-16)17(29)13(27)5-22-23-21(33)10-3-1-2-4-12(10)26/h1-5,11,13-20,24-32H,6-9H2,(H,23,33)/b22-5+. The Kier molecular flexibility index (Phi) is 11.4. The summed E-state index contributed by atoms with van der Waals surface area (Å²) in [6, 6.07) is 5.66. The lowest BCUT2D eigenvalue weighted by molar-refractivity contribution is -0.240. The zero-order chi connectivity index (χ0) is 26.1. The van der Waals surface area contributed by atoms with Crippen LogP contribution in [0, 0.1) is 5.92 Å². The van der Waals surface area contributed by atoms with Crippen molar-refractivity contribution in [3.05, 3.63) is 29.8 Å². The molecule has 1 amide bonds. The van der Waals surface area contributed by atoms with Crippen molar-refractivity contribution < 1.29 is 60.2 Å². The second-order valence-corrected chi connectivity index (χ2v) is 8.04. The fraction of sp³-hybridized carbons (Fsp3) is 0.619. The minimum atomic E-state index is -1.72. The van der Waals surface area contributed by atoms with Crippen LogP contribution in [-0.4, -0.2) is 133 Å². The summed E-state index contributed by atoms with van der Waals surface area (Å²) in [5.41, 5.74) is 1.99. The Labute approximate surface area is 200 Å². The lowest BCUT2D eigenvalue weighted by atomic mass is 9.93. The average Bonchev–Trinajstić information content (AvgIpc) is 2.85. The number of hydrogen-bond acceptors (Lipinski definition) is 13. The molecule has 0 radical (unpaired) electrons. The quantitative estimate of drug-likeness (QED) is 0.0959. The zero-order valence-corrected chi connectivity index (χ0v) is 18.6. The minimum absolute atomic E-state index is 0.0742. The molecule has 1 fully saturated rings. The van der Waals surface area contributed by atoms with Gasteiger partial charge in [0.15, 0.2) is 0 Å². The normalized spacial score (nSPS) is 28.4. The van der Waals surface area contributed by atoms with Crippen molar-refractivity contribution in [1.82, 2.24) is 5.43 Å². The smallest absolute Gasteiger partial charge is 0.275 e. The first-order valence-electron chi connectivity index (χ1n) is 10.8. The molecule has 1 aromatic carbocycles. The van der Waals surface area contributed by atoms with Crippen molar-refractivity contribution in [2.45, 2.75) is 48.8 Å². The first-order valence-corrected chi connectivity index (χ1v) is 10.8. The Bertz CT molecular complexity index is 825. The number of carbonyl (C=O) groups is 1. The number of nitrogens with one attached hydrogen (secondary N) is 1. The van der Waals surface area contributed by atoms with Gasteiger partial charge in [0.1, 0.15) is 42.4 Å². The van der Waals surface area contributed by atoms with Gasteiger partial charge in [-0.15, -0.1) is 0 Å². The fourth-order valence-corrected chi connectivity index (χ4v) is 3.45. The number of para-hydroxylation sites is 1. The van der Waals surface area contributed by atoms with Gasteiger partial charge in [-0.25, -0.2) is 5.43 Å². The maximum Gasteiger partial charge on any atom is 0.275 e. The number of aliphatic hydroxyl groups is 8. The number of nitrogens with zero attached hydrogens (tertiary/aromatic N) is 1. The van der Waals surface area contributed by atoms with E-state index in [9.17, 15) is 50.8 Å². The molecule has 0 aromatic heterocycles. The summed E-state index contributed by atoms with van der Waals surface area (Å²) in [6.45, 7) is -2.26. The molecular weight excluding hydrogens is 472 g/mol. The zero-order valence-electron chi connectivity index (χ0n) is 18.6. The number of phenolic OH excluding ortho intramolecular Hbond substituents is 1. The molecule has 9 unspecified atom stereocenters. The molecule has 0 aliphatic carbocycles. The van der Waals surface area contributed by atoms with Crippen LogP contribution in [-0.2, 0) is 9.47 Å². The highest BCUT2D eigenvalue weighted by molar-refractivity contribution is 5.96. The van der Waals surface area contributed by atoms with Gasteiger partial charge in [0.25, 0.3) is 5.91 Å². The summed E-state index contributed by atoms with van der Waals surface area (Å²) in [7, 11) is 0. The lowest BCUT2D eigenvalue weighted by Crippen LogP contribution is -2.59. The van der Waals surface area contributed by atoms with Crippen molar-refractivity contribution in [1.29, 1.82) is 0 Å². The summed E-state index contributed by atoms with van der Waals surface area (Å²) in [5.74, 6) is -2.33. The third-order valence-electron chi connectivity index (χ3n) is 5.60. The predicted molar refractivity (Wildman–Crippen MR) is 117 cm³/mol. The second kappa shape index (κ2) is 13.7. The molecule has 35 heavy (non-hydrogen) atoms. The third-order valence-corrected chi connectivity index (χ3v) is 5.60. The van der Waals surface area contributed by atoms with Crippen molar-refractivity contribution >= 4 is 12.1 Å². The van der Waals surface area contributed by atoms with Crippen LogP contribution in [0.2, 0.25) is 0 Å². The van der Waals surface area contributed by atoms with Gasteiger partial charge >= 0.3 is 0 Å². The molecule has 10 N–H and O–H groups in total. The summed E-state index contributed by atoms with van der Waals surface area (Å²) in [6.07, 6.45) is -11.2. The van der Waals surface area contributed by atoms with Crippen molar-refractivity contribution in [3.63, 3.8) is 0 Å². The van der Waals surface area contributed by atoms with Gasteiger partial charge in [-0.05, 0) is 12.1 Å². The molecule has 1 aliphatic rings. The molecule has 2 rings (SSSR count). The number of ether oxygens (including phenoxy) is 2. The Morgan fingerprint density at radius 3 is 2.37 bits per heavy atom. The molecule has 1 heterocycles. The Morgan fingerprint density at radius 2 is 1.74 bits per heavy atom. The molecule has 9 atom stereocenters. The number of hydrazone groups is 1. The molecule has 0 spiro atoms. The summed E-state index contributed by atoms with van der Waals surface area (Å²) in [5, 5.41) is 92.0. The van der Waals surface area contributed by atoms with Crippen LogP contribution in [0.15, 0.2) is 29.4 Å². The van der Waals surface area contributed by atoms with E-state index in [0.29, 0.717) is 0 Å². The highest BCUT2D eigenvalue weighted by atomic mass is 16.6. The number of rotatable bonds is 12. The SMILES string of the molecule is O=C(N/N=C/C(O)C(O)C(COCC1OC(CO)C(O)C(O)C1O)C(O)CO)c1ccccc1O. The maximum absolute atomic E-state index is 12.0. The number of aliphatic hydroxyl groups excluding tert-OH is 8. The highest BCUT2D eigenvalue weighted by Gasteiger charge is 2.43. The van der Waals surface area contributed by atoms with Crippen molar-refractivity contribution in [3.8, 4) is 5.75 Å². The van der Waals surface area contributed by atoms with Crippen LogP contribution in [0.3, 0.4) is 0 Å². The van der Waals surface area contributed by atoms with Gasteiger partial charge in [0.2, 0.25) is 0 Å². The van der Waals surface area contributed by atoms with Gasteiger partial charge in [0.05, 0.1) is 50.4 Å². The molecule has 1 aromatic rings. The van der Waals surface area contributed by atoms with E-state index in [1.807, 2.05) is 0 Å². The predicted octanol–water partition coefficient (Wildman–Crippen LogP) is -4.34. The lowest BCUT2D eigenvalue weighted by Gasteiger charge is -2.40. The summed E-state index contributed by atoms with van der Waals surface area (Å²) >= 11 is 0. The van der Waals surface area contributed by atoms with Gasteiger partial charge < -0.3 is 55.4 Å². The number of benzene rings is 1. The van der Waals surface area contributed by atoms with E-state index >= 15 is 0 Å². The fourth-order valence-electron chi connectivity index (χ4n) is 3.45. The minimum Gasteiger partial charge on any atom is -0.507 e. The second-order valence-electron chi connectivity index (χ2n) is 8.04. The van der Waals surface area contributed by atoms with E-state index in [1.54, 1.807) is 0 Å². The van der Waals surface area contributed by atoms with Crippen LogP contribution in [0.4, 0.5) is 0 Å². The van der Waals surface area contributed by atoms with E-state index in [0.717, 1.165) is 6.21 Å². The van der Waals surface area contributed by atoms with Crippen LogP contribution < -0.4 is 5.43 Å². The van der Waals surface area contributed by atoms with E-state index in [1.165, 1.54) is 24.3 Å². The average molecular weight is 504 g/mol. The maximum atomic E-state index is 12.0. The Morgan fingerprint density at radius 1 is 1.09 bits per heavy atom. The van der Waals surface area contributed by atoms with Crippen LogP contribution in [0.5, 0.6) is 5.75 Å². The first kappa shape index (κ1) is 29.0. The summed E-state index contributed by atoms with van der Waals surface area (Å²) in [4.78, 5) is 12.0. The number of carbonyl (C=O) groups excluding carboxylic acids is 1. The van der Waals surface area contributed by atoms with Gasteiger partial charge in [-0.1, -0.05) is 12.1 Å². The van der Waals surface area contributed by atoms with Crippen LogP contribution in [0.25, 0.3) is 0 Å². The monoisotopic (exact) mass is 504 g/mol. The van der Waals surface area contributed by atoms with Crippen LogP contribution >= 0.6 is 0 Å². The third kappa shape index (κ3) is 7.62. The molecule has 14 nitrogen and oxygen atoms in total. The summed E-state index contributed by atoms with van der Waals surface area (Å²) < 4.78 is 10.6. The van der Waals surface area contributed by atoms with Crippen molar-refractivity contribution in [2.75, 3.05) is 26.4 Å². The molecule has 0 saturated carbocycles. The van der Waals surface area contributed by atoms with E-state index in [2.05, 4.69) is 10.5 Å². The first-order chi connectivity index (χ1) is 16.6. The van der Waals surface area contributed by atoms with Crippen molar-refractivity contribution in [2.24, 2.45) is 11.0 Å². The van der Waals surface area contributed by atoms with E-state index < -0.39 is 80.5 Å². The van der Waals surface area contributed by atoms with E-state index in [4.69, 9.17) is 9.47 Å². The molecule has 14 heteroatoms. The Balaban J connectivity index is 1.93. The topological polar surface area (TPSA) is 242 Å². The molecule has 1 aliphatic heterocycles. The number of hydrogen-bond donors (Lipinski definition) is 10. The Hall–Kier alpha value is -2.24. The van der Waals surface area contributed by atoms with Gasteiger partial charge in [0, 0.05) is 5.92 Å². The molecule has 0 bridgehead atoms. The van der Waals surface area contributed by atoms with Crippen LogP contribution in [0.1, 0.15) is 10.4 Å². The van der Waals surface area contributed by atoms with E-state index in [-0.39, 0.29) is 17.9 Å². The van der Waals surface area contributed by atoms with Gasteiger partial charge in [-0.3, -0.25) is 4.79 Å². The largest absolute Gasteiger partial charge is 0.507 e. The number of aromatic hydroxyl groups is 1. The highest BCUT2D eigenvalue weighted by Crippen LogP contribution is 2.22. The van der Waals surface area contributed by atoms with Gasteiger partial charge in [-0.2, -0.15) is 5.10 Å². The number of phenols is 1. The molecular formula is C21H32N2O12. The molecule has 1 saturated heterocycles. The number of amides is 1. The molecule has 198 valence electrons.